The third-order valence-electron chi connectivity index (χ3n) is 5.71. The minimum atomic E-state index is -1.38. The second-order valence-corrected chi connectivity index (χ2v) is 8.42. The molecule has 0 unspecified atom stereocenters. The quantitative estimate of drug-likeness (QED) is 0.834. The van der Waals surface area contributed by atoms with E-state index in [1.165, 1.54) is 31.5 Å². The van der Waals surface area contributed by atoms with E-state index >= 15 is 0 Å². The molecule has 2 aromatic rings. The van der Waals surface area contributed by atoms with Crippen molar-refractivity contribution in [3.05, 3.63) is 41.1 Å². The Kier molecular flexibility index (Phi) is 4.83. The molecule has 0 spiro atoms. The number of carbonyl (C=O) groups is 1. The summed E-state index contributed by atoms with van der Waals surface area (Å²) in [4.78, 5) is 24.0. The molecule has 1 fully saturated rings. The third kappa shape index (κ3) is 3.61. The van der Waals surface area contributed by atoms with Crippen molar-refractivity contribution >= 4 is 11.9 Å². The smallest absolute Gasteiger partial charge is 0.251 e. The summed E-state index contributed by atoms with van der Waals surface area (Å²) in [6.45, 7) is 6.58. The summed E-state index contributed by atoms with van der Waals surface area (Å²) in [7, 11) is 0. The van der Waals surface area contributed by atoms with Gasteiger partial charge < -0.3 is 15.3 Å². The van der Waals surface area contributed by atoms with Crippen LogP contribution in [0.3, 0.4) is 0 Å². The predicted molar refractivity (Wildman–Crippen MR) is 109 cm³/mol. The van der Waals surface area contributed by atoms with Crippen molar-refractivity contribution in [2.45, 2.75) is 64.6 Å². The van der Waals surface area contributed by atoms with E-state index in [2.05, 4.69) is 29.3 Å². The van der Waals surface area contributed by atoms with Crippen LogP contribution in [0.1, 0.15) is 50.4 Å². The van der Waals surface area contributed by atoms with E-state index in [9.17, 15) is 9.90 Å². The predicted octanol–water partition coefficient (Wildman–Crippen LogP) is 2.62. The second-order valence-electron chi connectivity index (χ2n) is 8.42. The largest absolute Gasteiger partial charge is 0.381 e. The van der Waals surface area contributed by atoms with Gasteiger partial charge in [0.15, 0.2) is 0 Å². The number of nitrogens with one attached hydrogen (secondary N) is 1. The number of benzene rings is 1. The maximum Gasteiger partial charge on any atom is 0.251 e. The zero-order chi connectivity index (χ0) is 19.9. The van der Waals surface area contributed by atoms with E-state index < -0.39 is 5.60 Å². The fraction of sp³-hybridized carbons (Fsp3) is 0.500. The van der Waals surface area contributed by atoms with Gasteiger partial charge in [0.25, 0.3) is 5.91 Å². The molecule has 2 heterocycles. The number of hydrogen-bond donors (Lipinski definition) is 2. The van der Waals surface area contributed by atoms with Gasteiger partial charge in [-0.2, -0.15) is 0 Å². The zero-order valence-corrected chi connectivity index (χ0v) is 16.8. The number of aliphatic hydroxyl groups is 1. The normalized spacial score (nSPS) is 18.6. The standard InChI is InChI=1S/C22H28N4O2/c1-14-10-11-26(14)21-24-18-9-5-8-17(18)19(25-21)16-7-4-6-15(12-16)13-23-20(27)22(2,3)28/h4,6-7,12,14,28H,5,8-11,13H2,1-3H3,(H,23,27)/t14-/m0/s1. The molecule has 2 aliphatic rings. The van der Waals surface area contributed by atoms with E-state index in [4.69, 9.17) is 9.97 Å². The number of anilines is 1. The van der Waals surface area contributed by atoms with Crippen molar-refractivity contribution in [2.24, 2.45) is 0 Å². The Labute approximate surface area is 166 Å². The Morgan fingerprint density at radius 2 is 2.14 bits per heavy atom. The van der Waals surface area contributed by atoms with Gasteiger partial charge in [0.1, 0.15) is 5.60 Å². The summed E-state index contributed by atoms with van der Waals surface area (Å²) in [6.07, 6.45) is 4.34. The van der Waals surface area contributed by atoms with E-state index in [1.54, 1.807) is 0 Å². The van der Waals surface area contributed by atoms with Crippen LogP contribution in [0.15, 0.2) is 24.3 Å². The molecule has 6 nitrogen and oxygen atoms in total. The van der Waals surface area contributed by atoms with Gasteiger partial charge in [-0.05, 0) is 58.1 Å². The number of aromatic nitrogens is 2. The second kappa shape index (κ2) is 7.17. The average molecular weight is 380 g/mol. The van der Waals surface area contributed by atoms with Crippen LogP contribution in [0.2, 0.25) is 0 Å². The van der Waals surface area contributed by atoms with Crippen molar-refractivity contribution < 1.29 is 9.90 Å². The SMILES string of the molecule is C[C@H]1CCN1c1nc2c(c(-c3cccc(CNC(=O)C(C)(C)O)c3)n1)CCC2. The monoisotopic (exact) mass is 380 g/mol. The molecule has 0 bridgehead atoms. The lowest BCUT2D eigenvalue weighted by Crippen LogP contribution is -2.46. The van der Waals surface area contributed by atoms with Gasteiger partial charge in [0.2, 0.25) is 5.95 Å². The summed E-state index contributed by atoms with van der Waals surface area (Å²) in [6, 6.07) is 8.63. The molecule has 2 N–H and O–H groups in total. The van der Waals surface area contributed by atoms with E-state index in [-0.39, 0.29) is 5.91 Å². The van der Waals surface area contributed by atoms with Crippen LogP contribution >= 0.6 is 0 Å². The van der Waals surface area contributed by atoms with E-state index in [0.717, 1.165) is 48.6 Å². The number of carbonyl (C=O) groups excluding carboxylic acids is 1. The highest BCUT2D eigenvalue weighted by Crippen LogP contribution is 2.34. The maximum atomic E-state index is 11.9. The summed E-state index contributed by atoms with van der Waals surface area (Å²) < 4.78 is 0. The Balaban J connectivity index is 1.63. The van der Waals surface area contributed by atoms with Gasteiger partial charge in [-0.3, -0.25) is 4.79 Å². The highest BCUT2D eigenvalue weighted by atomic mass is 16.3. The van der Waals surface area contributed by atoms with Crippen LogP contribution in [-0.2, 0) is 24.2 Å². The van der Waals surface area contributed by atoms with Gasteiger partial charge in [-0.25, -0.2) is 9.97 Å². The van der Waals surface area contributed by atoms with Crippen LogP contribution < -0.4 is 10.2 Å². The zero-order valence-electron chi connectivity index (χ0n) is 16.8. The number of hydrogen-bond acceptors (Lipinski definition) is 5. The lowest BCUT2D eigenvalue weighted by Gasteiger charge is -2.39. The summed E-state index contributed by atoms with van der Waals surface area (Å²) >= 11 is 0. The van der Waals surface area contributed by atoms with Crippen molar-refractivity contribution in [2.75, 3.05) is 11.4 Å². The van der Waals surface area contributed by atoms with E-state index in [1.807, 2.05) is 12.1 Å². The van der Waals surface area contributed by atoms with Crippen LogP contribution in [0.25, 0.3) is 11.3 Å². The molecular weight excluding hydrogens is 352 g/mol. The highest BCUT2D eigenvalue weighted by molar-refractivity contribution is 5.83. The lowest BCUT2D eigenvalue weighted by molar-refractivity contribution is -0.136. The van der Waals surface area contributed by atoms with Crippen molar-refractivity contribution in [1.29, 1.82) is 0 Å². The van der Waals surface area contributed by atoms with Crippen molar-refractivity contribution in [1.82, 2.24) is 15.3 Å². The van der Waals surface area contributed by atoms with Crippen molar-refractivity contribution in [3.8, 4) is 11.3 Å². The van der Waals surface area contributed by atoms with Gasteiger partial charge >= 0.3 is 0 Å². The van der Waals surface area contributed by atoms with Gasteiger partial charge in [-0.1, -0.05) is 18.2 Å². The molecule has 0 saturated carbocycles. The van der Waals surface area contributed by atoms with Gasteiger partial charge in [0, 0.05) is 36.0 Å². The van der Waals surface area contributed by atoms with Gasteiger partial charge in [0.05, 0.1) is 5.69 Å². The molecule has 28 heavy (non-hydrogen) atoms. The molecule has 1 aromatic carbocycles. The Bertz CT molecular complexity index is 904. The Morgan fingerprint density at radius 3 is 2.82 bits per heavy atom. The summed E-state index contributed by atoms with van der Waals surface area (Å²) in [5.74, 6) is 0.463. The molecule has 1 amide bonds. The number of nitrogens with zero attached hydrogens (tertiary/aromatic N) is 3. The van der Waals surface area contributed by atoms with E-state index in [0.29, 0.717) is 12.6 Å². The fourth-order valence-electron chi connectivity index (χ4n) is 3.83. The number of fused-ring (bicyclic) bond motifs is 1. The molecule has 0 radical (unpaired) electrons. The highest BCUT2D eigenvalue weighted by Gasteiger charge is 2.29. The van der Waals surface area contributed by atoms with Crippen LogP contribution in [-0.4, -0.2) is 39.2 Å². The molecule has 148 valence electrons. The lowest BCUT2D eigenvalue weighted by atomic mass is 10.0. The minimum absolute atomic E-state index is 0.375. The molecule has 1 aliphatic heterocycles. The first-order valence-electron chi connectivity index (χ1n) is 10.1. The maximum absolute atomic E-state index is 11.9. The molecule has 4 rings (SSSR count). The third-order valence-corrected chi connectivity index (χ3v) is 5.71. The first kappa shape index (κ1) is 18.9. The molecule has 6 heteroatoms. The minimum Gasteiger partial charge on any atom is -0.381 e. The van der Waals surface area contributed by atoms with Crippen LogP contribution in [0.5, 0.6) is 0 Å². The first-order chi connectivity index (χ1) is 13.3. The number of amides is 1. The number of aryl methyl sites for hydroxylation is 1. The summed E-state index contributed by atoms with van der Waals surface area (Å²) in [5.41, 5.74) is 4.12. The van der Waals surface area contributed by atoms with Gasteiger partial charge in [-0.15, -0.1) is 0 Å². The number of rotatable bonds is 5. The topological polar surface area (TPSA) is 78.4 Å². The molecule has 1 atom stereocenters. The van der Waals surface area contributed by atoms with Crippen LogP contribution in [0, 0.1) is 0 Å². The first-order valence-corrected chi connectivity index (χ1v) is 10.1. The Morgan fingerprint density at radius 1 is 1.32 bits per heavy atom. The molecular formula is C22H28N4O2. The fourth-order valence-corrected chi connectivity index (χ4v) is 3.83. The Hall–Kier alpha value is -2.47. The molecule has 1 aliphatic carbocycles. The molecule has 1 aromatic heterocycles. The van der Waals surface area contributed by atoms with Crippen LogP contribution in [0.4, 0.5) is 5.95 Å². The summed E-state index contributed by atoms with van der Waals surface area (Å²) in [5, 5.41) is 12.6. The average Bonchev–Trinajstić information content (AvgIpc) is 3.12. The van der Waals surface area contributed by atoms with Crippen molar-refractivity contribution in [3.63, 3.8) is 0 Å². The molecule has 1 saturated heterocycles.